The number of carbonyl (C=O) groups is 3. The molecule has 2 aliphatic rings. The number of nitrogens with zero attached hydrogens (tertiary/aromatic N) is 1. The molecule has 19 heavy (non-hydrogen) atoms. The van der Waals surface area contributed by atoms with E-state index in [0.29, 0.717) is 18.5 Å². The van der Waals surface area contributed by atoms with Crippen molar-refractivity contribution in [2.24, 2.45) is 0 Å². The number of fused-ring (bicyclic) bond motifs is 1. The molecule has 0 unspecified atom stereocenters. The molecular formula is C14H14N2O3. The van der Waals surface area contributed by atoms with E-state index in [1.54, 1.807) is 11.0 Å². The lowest BCUT2D eigenvalue weighted by molar-refractivity contribution is -0.136. The first-order valence-electron chi connectivity index (χ1n) is 6.31. The summed E-state index contributed by atoms with van der Waals surface area (Å²) >= 11 is 0. The Morgan fingerprint density at radius 1 is 1.26 bits per heavy atom. The molecule has 0 aromatic heterocycles. The SMILES string of the molecule is Cc1cccc2c1CN([C@@H]1CCC(=O)NC1=O)C2=O. The van der Waals surface area contributed by atoms with Crippen molar-refractivity contribution < 1.29 is 14.4 Å². The monoisotopic (exact) mass is 258 g/mol. The summed E-state index contributed by atoms with van der Waals surface area (Å²) in [6.45, 7) is 2.41. The number of hydrogen-bond acceptors (Lipinski definition) is 3. The number of hydrogen-bond donors (Lipinski definition) is 1. The molecule has 1 aromatic rings. The highest BCUT2D eigenvalue weighted by atomic mass is 16.2. The van der Waals surface area contributed by atoms with Gasteiger partial charge in [-0.05, 0) is 30.5 Å². The molecule has 0 aliphatic carbocycles. The molecule has 5 nitrogen and oxygen atoms in total. The van der Waals surface area contributed by atoms with Gasteiger partial charge in [0, 0.05) is 18.5 Å². The minimum absolute atomic E-state index is 0.117. The molecule has 5 heteroatoms. The van der Waals surface area contributed by atoms with Crippen LogP contribution in [0.3, 0.4) is 0 Å². The van der Waals surface area contributed by atoms with Gasteiger partial charge in [-0.15, -0.1) is 0 Å². The number of imide groups is 1. The van der Waals surface area contributed by atoms with Crippen LogP contribution < -0.4 is 5.32 Å². The molecule has 0 saturated carbocycles. The third-order valence-corrected chi connectivity index (χ3v) is 3.82. The van der Waals surface area contributed by atoms with Crippen molar-refractivity contribution in [3.63, 3.8) is 0 Å². The maximum Gasteiger partial charge on any atom is 0.255 e. The van der Waals surface area contributed by atoms with Crippen LogP contribution in [0.2, 0.25) is 0 Å². The maximum absolute atomic E-state index is 12.3. The molecule has 98 valence electrons. The van der Waals surface area contributed by atoms with Crippen LogP contribution in [0.5, 0.6) is 0 Å². The van der Waals surface area contributed by atoms with Crippen LogP contribution in [-0.2, 0) is 16.1 Å². The van der Waals surface area contributed by atoms with Crippen LogP contribution in [0.25, 0.3) is 0 Å². The predicted molar refractivity (Wildman–Crippen MR) is 67.2 cm³/mol. The second-order valence-corrected chi connectivity index (χ2v) is 5.00. The normalized spacial score (nSPS) is 22.5. The van der Waals surface area contributed by atoms with Crippen molar-refractivity contribution in [1.82, 2.24) is 10.2 Å². The van der Waals surface area contributed by atoms with E-state index in [9.17, 15) is 14.4 Å². The molecule has 0 radical (unpaired) electrons. The average molecular weight is 258 g/mol. The van der Waals surface area contributed by atoms with Crippen LogP contribution >= 0.6 is 0 Å². The quantitative estimate of drug-likeness (QED) is 0.756. The zero-order valence-electron chi connectivity index (χ0n) is 10.6. The van der Waals surface area contributed by atoms with Crippen LogP contribution in [0.15, 0.2) is 18.2 Å². The van der Waals surface area contributed by atoms with Gasteiger partial charge in [-0.1, -0.05) is 12.1 Å². The van der Waals surface area contributed by atoms with Gasteiger partial charge in [0.25, 0.3) is 5.91 Å². The number of piperidine rings is 1. The van der Waals surface area contributed by atoms with E-state index >= 15 is 0 Å². The number of aryl methyl sites for hydroxylation is 1. The van der Waals surface area contributed by atoms with Gasteiger partial charge in [0.05, 0.1) is 0 Å². The Bertz CT molecular complexity index is 594. The topological polar surface area (TPSA) is 66.5 Å². The van der Waals surface area contributed by atoms with Gasteiger partial charge in [0.15, 0.2) is 0 Å². The summed E-state index contributed by atoms with van der Waals surface area (Å²) in [6.07, 6.45) is 0.693. The molecule has 1 fully saturated rings. The first-order chi connectivity index (χ1) is 9.08. The molecule has 1 atom stereocenters. The molecule has 0 bridgehead atoms. The number of nitrogens with one attached hydrogen (secondary N) is 1. The summed E-state index contributed by atoms with van der Waals surface area (Å²) in [5.74, 6) is -0.746. The van der Waals surface area contributed by atoms with Gasteiger partial charge < -0.3 is 4.90 Å². The number of carbonyl (C=O) groups excluding carboxylic acids is 3. The Hall–Kier alpha value is -2.17. The van der Waals surface area contributed by atoms with E-state index in [1.165, 1.54) is 0 Å². The van der Waals surface area contributed by atoms with Gasteiger partial charge >= 0.3 is 0 Å². The smallest absolute Gasteiger partial charge is 0.255 e. The zero-order chi connectivity index (χ0) is 13.6. The highest BCUT2D eigenvalue weighted by molar-refractivity contribution is 6.05. The van der Waals surface area contributed by atoms with Crippen LogP contribution in [0.1, 0.15) is 34.3 Å². The minimum atomic E-state index is -0.531. The first kappa shape index (κ1) is 11.9. The molecule has 0 spiro atoms. The van der Waals surface area contributed by atoms with E-state index in [-0.39, 0.29) is 24.1 Å². The van der Waals surface area contributed by atoms with E-state index in [2.05, 4.69) is 5.32 Å². The molecule has 1 saturated heterocycles. The van der Waals surface area contributed by atoms with Crippen molar-refractivity contribution in [1.29, 1.82) is 0 Å². The standard InChI is InChI=1S/C14H14N2O3/c1-8-3-2-4-9-10(8)7-16(14(9)19)11-5-6-12(17)15-13(11)18/h2-4,11H,5-7H2,1H3,(H,15,17,18)/t11-/m1/s1. The Kier molecular flexibility index (Phi) is 2.62. The van der Waals surface area contributed by atoms with Gasteiger partial charge in [-0.3, -0.25) is 19.7 Å². The third kappa shape index (κ3) is 1.82. The predicted octanol–water partition coefficient (Wildman–Crippen LogP) is 0.756. The molecule has 3 rings (SSSR count). The van der Waals surface area contributed by atoms with Crippen molar-refractivity contribution in [2.75, 3.05) is 0 Å². The number of benzene rings is 1. The van der Waals surface area contributed by atoms with Gasteiger partial charge in [-0.2, -0.15) is 0 Å². The highest BCUT2D eigenvalue weighted by Crippen LogP contribution is 2.29. The van der Waals surface area contributed by atoms with E-state index in [4.69, 9.17) is 0 Å². The largest absolute Gasteiger partial charge is 0.322 e. The first-order valence-corrected chi connectivity index (χ1v) is 6.31. The fourth-order valence-electron chi connectivity index (χ4n) is 2.74. The fourth-order valence-corrected chi connectivity index (χ4v) is 2.74. The van der Waals surface area contributed by atoms with Crippen molar-refractivity contribution in [3.05, 3.63) is 34.9 Å². The van der Waals surface area contributed by atoms with Crippen LogP contribution in [-0.4, -0.2) is 28.7 Å². The molecule has 3 amide bonds. The van der Waals surface area contributed by atoms with Crippen LogP contribution in [0.4, 0.5) is 0 Å². The Morgan fingerprint density at radius 3 is 2.74 bits per heavy atom. The van der Waals surface area contributed by atoms with E-state index < -0.39 is 6.04 Å². The Labute approximate surface area is 110 Å². The molecular weight excluding hydrogens is 244 g/mol. The summed E-state index contributed by atoms with van der Waals surface area (Å²) in [4.78, 5) is 36.9. The minimum Gasteiger partial charge on any atom is -0.322 e. The maximum atomic E-state index is 12.3. The lowest BCUT2D eigenvalue weighted by Crippen LogP contribution is -2.52. The number of amides is 3. The highest BCUT2D eigenvalue weighted by Gasteiger charge is 2.39. The lowest BCUT2D eigenvalue weighted by atomic mass is 10.0. The van der Waals surface area contributed by atoms with E-state index in [0.717, 1.165) is 11.1 Å². The summed E-state index contributed by atoms with van der Waals surface area (Å²) in [5, 5.41) is 2.30. The fraction of sp³-hybridized carbons (Fsp3) is 0.357. The third-order valence-electron chi connectivity index (χ3n) is 3.82. The second-order valence-electron chi connectivity index (χ2n) is 5.00. The van der Waals surface area contributed by atoms with Crippen molar-refractivity contribution >= 4 is 17.7 Å². The summed E-state index contributed by atoms with van der Waals surface area (Å²) < 4.78 is 0. The Balaban J connectivity index is 1.90. The molecule has 2 aliphatic heterocycles. The van der Waals surface area contributed by atoms with Crippen molar-refractivity contribution in [2.45, 2.75) is 32.4 Å². The summed E-state index contributed by atoms with van der Waals surface area (Å²) in [6, 6.07) is 5.06. The molecule has 1 aromatic carbocycles. The van der Waals surface area contributed by atoms with Crippen molar-refractivity contribution in [3.8, 4) is 0 Å². The van der Waals surface area contributed by atoms with E-state index in [1.807, 2.05) is 19.1 Å². The van der Waals surface area contributed by atoms with Gasteiger partial charge in [0.1, 0.15) is 6.04 Å². The lowest BCUT2D eigenvalue weighted by Gasteiger charge is -2.29. The van der Waals surface area contributed by atoms with Gasteiger partial charge in [0.2, 0.25) is 11.8 Å². The summed E-state index contributed by atoms with van der Waals surface area (Å²) in [7, 11) is 0. The van der Waals surface area contributed by atoms with Crippen LogP contribution in [0, 0.1) is 6.92 Å². The zero-order valence-corrected chi connectivity index (χ0v) is 10.6. The number of rotatable bonds is 1. The molecule has 1 N–H and O–H groups in total. The Morgan fingerprint density at radius 2 is 2.05 bits per heavy atom. The second kappa shape index (κ2) is 4.19. The van der Waals surface area contributed by atoms with Gasteiger partial charge in [-0.25, -0.2) is 0 Å². The average Bonchev–Trinajstić information content (AvgIpc) is 2.69. The molecule has 2 heterocycles. The summed E-state index contributed by atoms with van der Waals surface area (Å²) in [5.41, 5.74) is 2.71.